The topological polar surface area (TPSA) is 52.3 Å². The molecule has 0 saturated carbocycles. The van der Waals surface area contributed by atoms with Gasteiger partial charge in [0.25, 0.3) is 0 Å². The fraction of sp³-hybridized carbons (Fsp3) is 0.278. The van der Waals surface area contributed by atoms with Crippen molar-refractivity contribution in [3.63, 3.8) is 0 Å². The molecule has 2 rings (SSSR count). The van der Waals surface area contributed by atoms with Gasteiger partial charge < -0.3 is 10.5 Å². The van der Waals surface area contributed by atoms with Crippen LogP contribution in [0.2, 0.25) is 0 Å². The number of hydrogen-bond acceptors (Lipinski definition) is 3. The van der Waals surface area contributed by atoms with Gasteiger partial charge in [-0.1, -0.05) is 24.3 Å². The van der Waals surface area contributed by atoms with Crippen LogP contribution in [0.5, 0.6) is 5.75 Å². The van der Waals surface area contributed by atoms with Crippen LogP contribution in [0, 0.1) is 0 Å². The Labute approximate surface area is 125 Å². The summed E-state index contributed by atoms with van der Waals surface area (Å²) in [7, 11) is 0. The van der Waals surface area contributed by atoms with E-state index in [0.717, 1.165) is 16.9 Å². The first-order valence-electron chi connectivity index (χ1n) is 7.17. The lowest BCUT2D eigenvalue weighted by molar-refractivity contribution is 0.0992. The predicted octanol–water partition coefficient (Wildman–Crippen LogP) is 3.36. The van der Waals surface area contributed by atoms with Gasteiger partial charge in [0, 0.05) is 18.5 Å². The summed E-state index contributed by atoms with van der Waals surface area (Å²) < 4.78 is 5.58. The Kier molecular flexibility index (Phi) is 5.12. The number of carbonyl (C=O) groups excluding carboxylic acids is 1. The molecule has 0 bridgehead atoms. The Balaban J connectivity index is 2.09. The van der Waals surface area contributed by atoms with Gasteiger partial charge in [0.1, 0.15) is 5.75 Å². The van der Waals surface area contributed by atoms with Crippen molar-refractivity contribution in [2.75, 3.05) is 0 Å². The van der Waals surface area contributed by atoms with Crippen LogP contribution in [0.4, 0.5) is 0 Å². The summed E-state index contributed by atoms with van der Waals surface area (Å²) in [5, 5.41) is 0. The number of Topliss-reactive ketones (excluding diaryl/α,β-unsaturated/α-hetero) is 1. The normalized spacial score (nSPS) is 10.7. The summed E-state index contributed by atoms with van der Waals surface area (Å²) in [6.07, 6.45) is 0.501. The Bertz CT molecular complexity index is 603. The molecule has 2 aromatic rings. The average molecular weight is 283 g/mol. The number of carbonyl (C=O) groups is 1. The zero-order chi connectivity index (χ0) is 15.2. The van der Waals surface area contributed by atoms with Gasteiger partial charge in [-0.3, -0.25) is 4.79 Å². The van der Waals surface area contributed by atoms with Crippen LogP contribution >= 0.6 is 0 Å². The Hall–Kier alpha value is -2.13. The van der Waals surface area contributed by atoms with E-state index in [4.69, 9.17) is 10.5 Å². The van der Waals surface area contributed by atoms with E-state index in [1.807, 2.05) is 62.4 Å². The summed E-state index contributed by atoms with van der Waals surface area (Å²) in [5.41, 5.74) is 8.41. The van der Waals surface area contributed by atoms with Crippen molar-refractivity contribution in [1.29, 1.82) is 0 Å². The molecule has 2 N–H and O–H groups in total. The lowest BCUT2D eigenvalue weighted by atomic mass is 9.99. The van der Waals surface area contributed by atoms with Crippen LogP contribution in [0.3, 0.4) is 0 Å². The predicted molar refractivity (Wildman–Crippen MR) is 84.6 cm³/mol. The third kappa shape index (κ3) is 4.17. The van der Waals surface area contributed by atoms with Crippen LogP contribution in [0.15, 0.2) is 48.5 Å². The highest BCUT2D eigenvalue weighted by Gasteiger charge is 2.10. The molecule has 0 heterocycles. The molecule has 2 aromatic carbocycles. The van der Waals surface area contributed by atoms with E-state index in [-0.39, 0.29) is 11.9 Å². The molecule has 0 aromatic heterocycles. The highest BCUT2D eigenvalue weighted by atomic mass is 16.5. The van der Waals surface area contributed by atoms with Crippen molar-refractivity contribution < 1.29 is 9.53 Å². The van der Waals surface area contributed by atoms with E-state index in [1.165, 1.54) is 0 Å². The van der Waals surface area contributed by atoms with Crippen molar-refractivity contribution in [2.24, 2.45) is 5.73 Å². The number of hydrogen-bond donors (Lipinski definition) is 1. The molecule has 21 heavy (non-hydrogen) atoms. The van der Waals surface area contributed by atoms with Crippen molar-refractivity contribution >= 4 is 5.78 Å². The highest BCUT2D eigenvalue weighted by Crippen LogP contribution is 2.16. The SMILES string of the molecule is CC(C)Oc1ccc(C(=O)Cc2ccccc2CN)cc1. The van der Waals surface area contributed by atoms with E-state index < -0.39 is 0 Å². The van der Waals surface area contributed by atoms with Gasteiger partial charge in [-0.2, -0.15) is 0 Å². The maximum atomic E-state index is 12.3. The second-order valence-electron chi connectivity index (χ2n) is 5.26. The van der Waals surface area contributed by atoms with E-state index in [2.05, 4.69) is 0 Å². The monoisotopic (exact) mass is 283 g/mol. The number of nitrogens with two attached hydrogens (primary N) is 1. The molecule has 0 unspecified atom stereocenters. The molecule has 0 aliphatic rings. The third-order valence-corrected chi connectivity index (χ3v) is 3.24. The molecule has 0 spiro atoms. The van der Waals surface area contributed by atoms with Crippen LogP contribution in [0.1, 0.15) is 35.3 Å². The van der Waals surface area contributed by atoms with Gasteiger partial charge in [-0.15, -0.1) is 0 Å². The minimum Gasteiger partial charge on any atom is -0.491 e. The summed E-state index contributed by atoms with van der Waals surface area (Å²) in [5.74, 6) is 0.871. The Morgan fingerprint density at radius 3 is 2.24 bits per heavy atom. The zero-order valence-corrected chi connectivity index (χ0v) is 12.5. The quantitative estimate of drug-likeness (QED) is 0.827. The summed E-state index contributed by atoms with van der Waals surface area (Å²) >= 11 is 0. The number of benzene rings is 2. The third-order valence-electron chi connectivity index (χ3n) is 3.24. The minimum absolute atomic E-state index is 0.0898. The summed E-state index contributed by atoms with van der Waals surface area (Å²) in [4.78, 5) is 12.3. The summed E-state index contributed by atoms with van der Waals surface area (Å²) in [6.45, 7) is 4.40. The molecule has 3 nitrogen and oxygen atoms in total. The van der Waals surface area contributed by atoms with Gasteiger partial charge in [-0.05, 0) is 49.2 Å². The second-order valence-corrected chi connectivity index (χ2v) is 5.26. The molecule has 0 aliphatic carbocycles. The molecule has 0 saturated heterocycles. The van der Waals surface area contributed by atoms with Crippen molar-refractivity contribution in [1.82, 2.24) is 0 Å². The average Bonchev–Trinajstić information content (AvgIpc) is 2.48. The van der Waals surface area contributed by atoms with Crippen LogP contribution in [-0.2, 0) is 13.0 Å². The molecule has 0 atom stereocenters. The first-order chi connectivity index (χ1) is 10.1. The molecule has 3 heteroatoms. The van der Waals surface area contributed by atoms with E-state index in [9.17, 15) is 4.79 Å². The number of rotatable bonds is 6. The molecule has 0 radical (unpaired) electrons. The maximum Gasteiger partial charge on any atom is 0.167 e. The van der Waals surface area contributed by atoms with Crippen LogP contribution < -0.4 is 10.5 Å². The van der Waals surface area contributed by atoms with Crippen molar-refractivity contribution in [3.05, 3.63) is 65.2 Å². The fourth-order valence-electron chi connectivity index (χ4n) is 2.20. The second kappa shape index (κ2) is 7.04. The van der Waals surface area contributed by atoms with Gasteiger partial charge in [-0.25, -0.2) is 0 Å². The maximum absolute atomic E-state index is 12.3. The van der Waals surface area contributed by atoms with Crippen LogP contribution in [0.25, 0.3) is 0 Å². The van der Waals surface area contributed by atoms with E-state index in [0.29, 0.717) is 18.5 Å². The largest absolute Gasteiger partial charge is 0.491 e. The molecule has 110 valence electrons. The first kappa shape index (κ1) is 15.3. The molecule has 0 aliphatic heterocycles. The lowest BCUT2D eigenvalue weighted by Gasteiger charge is -2.10. The molecular weight excluding hydrogens is 262 g/mol. The van der Waals surface area contributed by atoms with E-state index >= 15 is 0 Å². The van der Waals surface area contributed by atoms with Gasteiger partial charge in [0.05, 0.1) is 6.10 Å². The summed E-state index contributed by atoms with van der Waals surface area (Å²) in [6, 6.07) is 15.1. The van der Waals surface area contributed by atoms with E-state index in [1.54, 1.807) is 0 Å². The smallest absolute Gasteiger partial charge is 0.167 e. The fourth-order valence-corrected chi connectivity index (χ4v) is 2.20. The first-order valence-corrected chi connectivity index (χ1v) is 7.17. The van der Waals surface area contributed by atoms with Gasteiger partial charge in [0.2, 0.25) is 0 Å². The van der Waals surface area contributed by atoms with Gasteiger partial charge in [0.15, 0.2) is 5.78 Å². The molecule has 0 amide bonds. The lowest BCUT2D eigenvalue weighted by Crippen LogP contribution is -2.09. The Morgan fingerprint density at radius 1 is 1.05 bits per heavy atom. The Morgan fingerprint density at radius 2 is 1.67 bits per heavy atom. The number of ether oxygens (including phenoxy) is 1. The minimum atomic E-state index is 0.0898. The molecular formula is C18H21NO2. The standard InChI is InChI=1S/C18H21NO2/c1-13(2)21-17-9-7-14(8-10-17)18(20)11-15-5-3-4-6-16(15)12-19/h3-10,13H,11-12,19H2,1-2H3. The van der Waals surface area contributed by atoms with Crippen LogP contribution in [-0.4, -0.2) is 11.9 Å². The van der Waals surface area contributed by atoms with Crippen molar-refractivity contribution in [2.45, 2.75) is 32.9 Å². The number of ketones is 1. The van der Waals surface area contributed by atoms with Gasteiger partial charge >= 0.3 is 0 Å². The highest BCUT2D eigenvalue weighted by molar-refractivity contribution is 5.97. The molecule has 0 fully saturated rings. The van der Waals surface area contributed by atoms with Crippen molar-refractivity contribution in [3.8, 4) is 5.75 Å². The zero-order valence-electron chi connectivity index (χ0n) is 12.5.